The fraction of sp³-hybridized carbons (Fsp3) is 0.188. The third-order valence-corrected chi connectivity index (χ3v) is 3.47. The average molecular weight is 277 g/mol. The van der Waals surface area contributed by atoms with Crippen LogP contribution in [0.25, 0.3) is 0 Å². The molecule has 98 valence electrons. The molecule has 1 nitrogen and oxygen atoms in total. The summed E-state index contributed by atoms with van der Waals surface area (Å²) in [6, 6.07) is 14.2. The number of carbonyl (C=O) groups is 1. The van der Waals surface area contributed by atoms with Gasteiger partial charge in [0.1, 0.15) is 11.6 Å². The van der Waals surface area contributed by atoms with E-state index in [0.29, 0.717) is 5.56 Å². The summed E-state index contributed by atoms with van der Waals surface area (Å²) in [6.07, 6.45) is 0.0580. The highest BCUT2D eigenvalue weighted by molar-refractivity contribution is 6.30. The maximum absolute atomic E-state index is 13.7. The van der Waals surface area contributed by atoms with Gasteiger partial charge < -0.3 is 0 Å². The van der Waals surface area contributed by atoms with E-state index in [1.54, 1.807) is 12.1 Å². The molecule has 0 aromatic heterocycles. The predicted octanol–water partition coefficient (Wildman–Crippen LogP) is 4.39. The van der Waals surface area contributed by atoms with E-state index in [0.717, 1.165) is 5.56 Å². The maximum Gasteiger partial charge on any atom is 0.145 e. The predicted molar refractivity (Wildman–Crippen MR) is 75.0 cm³/mol. The Hall–Kier alpha value is -1.67. The molecule has 0 radical (unpaired) electrons. The molecule has 0 heterocycles. The van der Waals surface area contributed by atoms with E-state index in [2.05, 4.69) is 0 Å². The van der Waals surface area contributed by atoms with Crippen molar-refractivity contribution in [3.63, 3.8) is 0 Å². The Balaban J connectivity index is 2.15. The van der Waals surface area contributed by atoms with Gasteiger partial charge in [-0.25, -0.2) is 4.39 Å². The van der Waals surface area contributed by atoms with Gasteiger partial charge in [0.2, 0.25) is 0 Å². The zero-order valence-corrected chi connectivity index (χ0v) is 11.3. The summed E-state index contributed by atoms with van der Waals surface area (Å²) in [6.45, 7) is 1.83. The second-order valence-corrected chi connectivity index (χ2v) is 4.90. The number of Topliss-reactive ketones (excluding diaryl/α,β-unsaturated/α-hetero) is 1. The van der Waals surface area contributed by atoms with Crippen molar-refractivity contribution >= 4 is 17.4 Å². The van der Waals surface area contributed by atoms with Crippen LogP contribution in [0.15, 0.2) is 48.5 Å². The highest BCUT2D eigenvalue weighted by Crippen LogP contribution is 2.22. The van der Waals surface area contributed by atoms with E-state index < -0.39 is 5.82 Å². The fourth-order valence-corrected chi connectivity index (χ4v) is 2.15. The quantitative estimate of drug-likeness (QED) is 0.809. The molecule has 0 N–H and O–H groups in total. The zero-order chi connectivity index (χ0) is 13.8. The Kier molecular flexibility index (Phi) is 4.33. The number of rotatable bonds is 4. The van der Waals surface area contributed by atoms with Crippen molar-refractivity contribution in [2.75, 3.05) is 0 Å². The lowest BCUT2D eigenvalue weighted by Gasteiger charge is -2.11. The van der Waals surface area contributed by atoms with Gasteiger partial charge in [-0.2, -0.15) is 0 Å². The molecular weight excluding hydrogens is 263 g/mol. The molecule has 0 fully saturated rings. The molecule has 0 amide bonds. The van der Waals surface area contributed by atoms with E-state index in [4.69, 9.17) is 11.6 Å². The molecule has 0 bridgehead atoms. The third kappa shape index (κ3) is 3.21. The van der Waals surface area contributed by atoms with Gasteiger partial charge in [-0.05, 0) is 17.2 Å². The molecule has 3 heteroatoms. The van der Waals surface area contributed by atoms with Gasteiger partial charge in [0.15, 0.2) is 0 Å². The van der Waals surface area contributed by atoms with E-state index in [1.165, 1.54) is 6.07 Å². The molecule has 2 aromatic carbocycles. The molecule has 0 saturated heterocycles. The molecule has 19 heavy (non-hydrogen) atoms. The lowest BCUT2D eigenvalue weighted by molar-refractivity contribution is -0.119. The summed E-state index contributed by atoms with van der Waals surface area (Å²) in [5.74, 6) is -0.773. The molecular formula is C16H14ClFO. The van der Waals surface area contributed by atoms with Crippen molar-refractivity contribution < 1.29 is 9.18 Å². The van der Waals surface area contributed by atoms with Gasteiger partial charge in [0, 0.05) is 12.3 Å². The van der Waals surface area contributed by atoms with E-state index in [9.17, 15) is 9.18 Å². The van der Waals surface area contributed by atoms with Crippen LogP contribution in [-0.4, -0.2) is 5.78 Å². The van der Waals surface area contributed by atoms with E-state index in [1.807, 2.05) is 37.3 Å². The topological polar surface area (TPSA) is 17.1 Å². The Morgan fingerprint density at radius 1 is 1.16 bits per heavy atom. The van der Waals surface area contributed by atoms with Crippen molar-refractivity contribution in [2.24, 2.45) is 0 Å². The minimum absolute atomic E-state index is 0.0210. The van der Waals surface area contributed by atoms with Gasteiger partial charge in [-0.15, -0.1) is 0 Å². The number of ketones is 1. The molecule has 0 aliphatic rings. The van der Waals surface area contributed by atoms with Gasteiger partial charge in [-0.1, -0.05) is 61.0 Å². The summed E-state index contributed by atoms with van der Waals surface area (Å²) in [4.78, 5) is 12.2. The van der Waals surface area contributed by atoms with Crippen molar-refractivity contribution in [1.29, 1.82) is 0 Å². The highest BCUT2D eigenvalue weighted by atomic mass is 35.5. The first-order valence-corrected chi connectivity index (χ1v) is 6.48. The van der Waals surface area contributed by atoms with Gasteiger partial charge in [0.25, 0.3) is 0 Å². The second-order valence-electron chi connectivity index (χ2n) is 4.49. The van der Waals surface area contributed by atoms with Crippen molar-refractivity contribution in [3.8, 4) is 0 Å². The van der Waals surface area contributed by atoms with Gasteiger partial charge >= 0.3 is 0 Å². The smallest absolute Gasteiger partial charge is 0.145 e. The summed E-state index contributed by atoms with van der Waals surface area (Å²) in [5, 5.41) is 0.0534. The van der Waals surface area contributed by atoms with Crippen LogP contribution < -0.4 is 0 Å². The van der Waals surface area contributed by atoms with E-state index in [-0.39, 0.29) is 23.1 Å². The minimum atomic E-state index is -0.502. The SMILES string of the molecule is CC(C(=O)Cc1cccc(Cl)c1F)c1ccccc1. The van der Waals surface area contributed by atoms with Crippen LogP contribution in [0.3, 0.4) is 0 Å². The van der Waals surface area contributed by atoms with Crippen LogP contribution in [0.4, 0.5) is 4.39 Å². The molecule has 2 rings (SSSR count). The Morgan fingerprint density at radius 3 is 2.53 bits per heavy atom. The largest absolute Gasteiger partial charge is 0.299 e. The molecule has 0 spiro atoms. The minimum Gasteiger partial charge on any atom is -0.299 e. The van der Waals surface area contributed by atoms with Crippen molar-refractivity contribution in [3.05, 3.63) is 70.5 Å². The highest BCUT2D eigenvalue weighted by Gasteiger charge is 2.17. The van der Waals surface area contributed by atoms with Crippen LogP contribution in [0.2, 0.25) is 5.02 Å². The molecule has 2 aromatic rings. The van der Waals surface area contributed by atoms with Gasteiger partial charge in [-0.3, -0.25) is 4.79 Å². The number of halogens is 2. The standard InChI is InChI=1S/C16H14ClFO/c1-11(12-6-3-2-4-7-12)15(19)10-13-8-5-9-14(17)16(13)18/h2-9,11H,10H2,1H3. The number of carbonyl (C=O) groups excluding carboxylic acids is 1. The molecule has 1 atom stereocenters. The summed E-state index contributed by atoms with van der Waals surface area (Å²) in [7, 11) is 0. The number of hydrogen-bond donors (Lipinski definition) is 0. The normalized spacial score (nSPS) is 12.2. The second kappa shape index (κ2) is 5.98. The summed E-state index contributed by atoms with van der Waals surface area (Å²) < 4.78 is 13.7. The monoisotopic (exact) mass is 276 g/mol. The van der Waals surface area contributed by atoms with Crippen LogP contribution in [0.5, 0.6) is 0 Å². The third-order valence-electron chi connectivity index (χ3n) is 3.18. The molecule has 0 aliphatic heterocycles. The summed E-state index contributed by atoms with van der Waals surface area (Å²) >= 11 is 5.71. The fourth-order valence-electron chi connectivity index (χ4n) is 1.95. The first-order valence-electron chi connectivity index (χ1n) is 6.10. The number of benzene rings is 2. The van der Waals surface area contributed by atoms with Crippen LogP contribution in [0.1, 0.15) is 24.0 Å². The molecule has 0 aliphatic carbocycles. The van der Waals surface area contributed by atoms with Gasteiger partial charge in [0.05, 0.1) is 5.02 Å². The Labute approximate surface area is 117 Å². The Bertz CT molecular complexity index is 581. The average Bonchev–Trinajstić information content (AvgIpc) is 2.44. The maximum atomic E-state index is 13.7. The van der Waals surface area contributed by atoms with Crippen molar-refractivity contribution in [1.82, 2.24) is 0 Å². The lowest BCUT2D eigenvalue weighted by atomic mass is 9.93. The first kappa shape index (κ1) is 13.8. The summed E-state index contributed by atoms with van der Waals surface area (Å²) in [5.41, 5.74) is 1.29. The van der Waals surface area contributed by atoms with Crippen LogP contribution in [-0.2, 0) is 11.2 Å². The van der Waals surface area contributed by atoms with Crippen LogP contribution >= 0.6 is 11.6 Å². The first-order chi connectivity index (χ1) is 9.09. The number of hydrogen-bond acceptors (Lipinski definition) is 1. The van der Waals surface area contributed by atoms with E-state index >= 15 is 0 Å². The lowest BCUT2D eigenvalue weighted by Crippen LogP contribution is -2.13. The molecule has 1 unspecified atom stereocenters. The van der Waals surface area contributed by atoms with Crippen molar-refractivity contribution in [2.45, 2.75) is 19.3 Å². The molecule has 0 saturated carbocycles. The van der Waals surface area contributed by atoms with Crippen LogP contribution in [0, 0.1) is 5.82 Å². The zero-order valence-electron chi connectivity index (χ0n) is 10.6. The Morgan fingerprint density at radius 2 is 1.84 bits per heavy atom.